The minimum atomic E-state index is -0.918. The van der Waals surface area contributed by atoms with E-state index >= 15 is 0 Å². The highest BCUT2D eigenvalue weighted by Crippen LogP contribution is 2.44. The second-order valence-corrected chi connectivity index (χ2v) is 10.8. The number of aromatic nitrogens is 3. The van der Waals surface area contributed by atoms with Crippen LogP contribution in [0.15, 0.2) is 24.3 Å². The molecule has 0 saturated heterocycles. The van der Waals surface area contributed by atoms with E-state index < -0.39 is 5.97 Å². The zero-order chi connectivity index (χ0) is 26.6. The largest absolute Gasteiger partial charge is 0.494 e. The van der Waals surface area contributed by atoms with Gasteiger partial charge in [0.15, 0.2) is 0 Å². The summed E-state index contributed by atoms with van der Waals surface area (Å²) in [6.45, 7) is 11.1. The summed E-state index contributed by atoms with van der Waals surface area (Å²) >= 11 is 13.1. The monoisotopic (exact) mass is 539 g/mol. The van der Waals surface area contributed by atoms with Crippen molar-refractivity contribution in [2.45, 2.75) is 66.5 Å². The zero-order valence-corrected chi connectivity index (χ0v) is 23.3. The zero-order valence-electron chi connectivity index (χ0n) is 21.8. The van der Waals surface area contributed by atoms with Gasteiger partial charge < -0.3 is 14.4 Å². The van der Waals surface area contributed by atoms with Crippen LogP contribution in [0.3, 0.4) is 0 Å². The number of benzene rings is 2. The van der Waals surface area contributed by atoms with Gasteiger partial charge >= 0.3 is 5.97 Å². The van der Waals surface area contributed by atoms with Crippen LogP contribution in [0.2, 0.25) is 10.0 Å². The van der Waals surface area contributed by atoms with Crippen LogP contribution in [0, 0.1) is 34.6 Å². The SMILES string of the molecule is Cc1cc(OCCCn2c(C(=O)O)c3c4c(c(Cl)ccc42)C(n2nc(C)c(C)c2C)CC3)cc(C)c1Cl. The lowest BCUT2D eigenvalue weighted by Gasteiger charge is -2.26. The Hall–Kier alpha value is -2.96. The number of nitrogens with zero attached hydrogens (tertiary/aromatic N) is 3. The molecular formula is C29H31Cl2N3O3. The Kier molecular flexibility index (Phi) is 6.75. The molecule has 0 aliphatic heterocycles. The second kappa shape index (κ2) is 9.73. The lowest BCUT2D eigenvalue weighted by molar-refractivity contribution is 0.0683. The Morgan fingerprint density at radius 3 is 2.46 bits per heavy atom. The first-order valence-corrected chi connectivity index (χ1v) is 13.3. The fourth-order valence-corrected chi connectivity index (χ4v) is 6.09. The Morgan fingerprint density at radius 1 is 1.14 bits per heavy atom. The third-order valence-corrected chi connectivity index (χ3v) is 8.63. The van der Waals surface area contributed by atoms with Crippen LogP contribution in [-0.4, -0.2) is 32.0 Å². The maximum absolute atomic E-state index is 12.5. The summed E-state index contributed by atoms with van der Waals surface area (Å²) < 4.78 is 9.98. The van der Waals surface area contributed by atoms with Crippen molar-refractivity contribution in [2.24, 2.45) is 0 Å². The minimum Gasteiger partial charge on any atom is -0.494 e. The number of carboxylic acids is 1. The Morgan fingerprint density at radius 2 is 1.84 bits per heavy atom. The molecule has 2 aromatic carbocycles. The summed E-state index contributed by atoms with van der Waals surface area (Å²) in [5.41, 5.74) is 8.30. The van der Waals surface area contributed by atoms with Crippen LogP contribution in [0.1, 0.15) is 68.6 Å². The average Bonchev–Trinajstić information content (AvgIpc) is 3.31. The van der Waals surface area contributed by atoms with Gasteiger partial charge in [0.1, 0.15) is 11.4 Å². The van der Waals surface area contributed by atoms with E-state index in [2.05, 4.69) is 18.5 Å². The quantitative estimate of drug-likeness (QED) is 0.248. The smallest absolute Gasteiger partial charge is 0.352 e. The summed E-state index contributed by atoms with van der Waals surface area (Å²) in [4.78, 5) is 12.5. The number of carbonyl (C=O) groups is 1. The number of ether oxygens (including phenoxy) is 1. The summed E-state index contributed by atoms with van der Waals surface area (Å²) in [5, 5.41) is 17.4. The van der Waals surface area contributed by atoms with Crippen LogP contribution in [0.25, 0.3) is 10.9 Å². The molecule has 1 atom stereocenters. The van der Waals surface area contributed by atoms with Crippen LogP contribution in [0.5, 0.6) is 5.75 Å². The van der Waals surface area contributed by atoms with E-state index in [1.54, 1.807) is 0 Å². The van der Waals surface area contributed by atoms with Crippen molar-refractivity contribution in [3.05, 3.63) is 79.2 Å². The lowest BCUT2D eigenvalue weighted by atomic mass is 9.87. The van der Waals surface area contributed by atoms with Crippen molar-refractivity contribution in [1.29, 1.82) is 0 Å². The van der Waals surface area contributed by atoms with Gasteiger partial charge in [-0.1, -0.05) is 23.2 Å². The fraction of sp³-hybridized carbons (Fsp3) is 0.379. The molecule has 0 fully saturated rings. The fourth-order valence-electron chi connectivity index (χ4n) is 5.69. The molecule has 0 saturated carbocycles. The molecule has 0 bridgehead atoms. The molecule has 2 aromatic heterocycles. The summed E-state index contributed by atoms with van der Waals surface area (Å²) in [7, 11) is 0. The van der Waals surface area contributed by atoms with Gasteiger partial charge in [-0.2, -0.15) is 5.10 Å². The van der Waals surface area contributed by atoms with Crippen LogP contribution >= 0.6 is 23.2 Å². The molecule has 0 spiro atoms. The van der Waals surface area contributed by atoms with Crippen molar-refractivity contribution in [1.82, 2.24) is 14.3 Å². The third kappa shape index (κ3) is 4.30. The second-order valence-electron chi connectivity index (χ2n) is 10.0. The number of halogens is 2. The molecule has 0 radical (unpaired) electrons. The van der Waals surface area contributed by atoms with Crippen LogP contribution in [0.4, 0.5) is 0 Å². The van der Waals surface area contributed by atoms with E-state index in [1.165, 1.54) is 5.56 Å². The number of carboxylic acid groups (broad SMARTS) is 1. The molecule has 8 heteroatoms. The molecule has 2 heterocycles. The van der Waals surface area contributed by atoms with Gasteiger partial charge in [-0.3, -0.25) is 4.68 Å². The van der Waals surface area contributed by atoms with Gasteiger partial charge in [-0.25, -0.2) is 4.79 Å². The normalized spacial score (nSPS) is 14.9. The lowest BCUT2D eigenvalue weighted by Crippen LogP contribution is -2.19. The van der Waals surface area contributed by atoms with Crippen LogP contribution < -0.4 is 4.74 Å². The highest BCUT2D eigenvalue weighted by atomic mass is 35.5. The van der Waals surface area contributed by atoms with Gasteiger partial charge in [-0.05, 0) is 100 Å². The summed E-state index contributed by atoms with van der Waals surface area (Å²) in [5.74, 6) is -0.149. The number of rotatable bonds is 7. The molecule has 1 N–H and O–H groups in total. The molecule has 6 nitrogen and oxygen atoms in total. The van der Waals surface area contributed by atoms with Crippen LogP contribution in [-0.2, 0) is 13.0 Å². The molecule has 4 aromatic rings. The van der Waals surface area contributed by atoms with E-state index in [0.717, 1.165) is 61.7 Å². The standard InChI is InChI=1S/C29H31Cl2N3O3/c1-15-13-20(14-16(2)27(15)31)37-12-6-11-33-23-10-8-22(30)26-24(34-19(5)17(3)18(4)32-34)9-7-21(25(23)26)28(33)29(35)36/h8,10,13-14,24H,6-7,9,11-12H2,1-5H3,(H,35,36). The molecule has 1 unspecified atom stereocenters. The number of aromatic carboxylic acids is 1. The summed E-state index contributed by atoms with van der Waals surface area (Å²) in [6, 6.07) is 7.65. The predicted octanol–water partition coefficient (Wildman–Crippen LogP) is 7.39. The molecule has 194 valence electrons. The van der Waals surface area contributed by atoms with Gasteiger partial charge in [0.25, 0.3) is 0 Å². The number of hydrogen-bond acceptors (Lipinski definition) is 3. The van der Waals surface area contributed by atoms with Crippen molar-refractivity contribution in [3.8, 4) is 5.75 Å². The Labute approximate surface area is 226 Å². The van der Waals surface area contributed by atoms with E-state index in [-0.39, 0.29) is 6.04 Å². The molecule has 5 rings (SSSR count). The number of aryl methyl sites for hydroxylation is 5. The number of hydrogen-bond donors (Lipinski definition) is 1. The molecule has 37 heavy (non-hydrogen) atoms. The van der Waals surface area contributed by atoms with Gasteiger partial charge in [0.2, 0.25) is 0 Å². The van der Waals surface area contributed by atoms with E-state index in [1.807, 2.05) is 49.6 Å². The minimum absolute atomic E-state index is 0.0340. The first kappa shape index (κ1) is 25.7. The van der Waals surface area contributed by atoms with Gasteiger partial charge in [0, 0.05) is 38.8 Å². The van der Waals surface area contributed by atoms with Gasteiger partial charge in [0.05, 0.1) is 18.3 Å². The van der Waals surface area contributed by atoms with Crippen molar-refractivity contribution < 1.29 is 14.6 Å². The first-order chi connectivity index (χ1) is 17.6. The van der Waals surface area contributed by atoms with E-state index in [9.17, 15) is 9.90 Å². The maximum atomic E-state index is 12.5. The molecule has 0 amide bonds. The highest BCUT2D eigenvalue weighted by Gasteiger charge is 2.33. The van der Waals surface area contributed by atoms with Crippen molar-refractivity contribution in [2.75, 3.05) is 6.61 Å². The first-order valence-electron chi connectivity index (χ1n) is 12.6. The topological polar surface area (TPSA) is 69.3 Å². The summed E-state index contributed by atoms with van der Waals surface area (Å²) in [6.07, 6.45) is 2.05. The van der Waals surface area contributed by atoms with Crippen molar-refractivity contribution >= 4 is 40.1 Å². The van der Waals surface area contributed by atoms with E-state index in [4.69, 9.17) is 33.0 Å². The maximum Gasteiger partial charge on any atom is 0.352 e. The average molecular weight is 540 g/mol. The molecule has 1 aliphatic rings. The predicted molar refractivity (Wildman–Crippen MR) is 148 cm³/mol. The molecular weight excluding hydrogens is 509 g/mol. The highest BCUT2D eigenvalue weighted by molar-refractivity contribution is 6.32. The Bertz CT molecular complexity index is 1530. The third-order valence-electron chi connectivity index (χ3n) is 7.71. The Balaban J connectivity index is 1.50. The van der Waals surface area contributed by atoms with Gasteiger partial charge in [-0.15, -0.1) is 0 Å². The van der Waals surface area contributed by atoms with Crippen molar-refractivity contribution in [3.63, 3.8) is 0 Å². The van der Waals surface area contributed by atoms with E-state index in [0.29, 0.717) is 36.7 Å². The molecule has 1 aliphatic carbocycles.